The number of aromatic nitrogens is 1. The molecule has 4 rings (SSSR count). The zero-order valence-electron chi connectivity index (χ0n) is 17.5. The molecule has 0 bridgehead atoms. The maximum Gasteiger partial charge on any atom is 0.220 e. The van der Waals surface area contributed by atoms with Crippen molar-refractivity contribution in [2.45, 2.75) is 29.6 Å². The first-order valence-corrected chi connectivity index (χ1v) is 11.6. The number of amides is 1. The number of primary amides is 1. The van der Waals surface area contributed by atoms with Gasteiger partial charge in [0.15, 0.2) is 0 Å². The quantitative estimate of drug-likeness (QED) is 0.655. The van der Waals surface area contributed by atoms with Gasteiger partial charge in [0.1, 0.15) is 10.6 Å². The number of fused-ring (bicyclic) bond motifs is 1. The molecule has 0 radical (unpaired) electrons. The number of anilines is 1. The van der Waals surface area contributed by atoms with Crippen molar-refractivity contribution in [2.24, 2.45) is 11.7 Å². The van der Waals surface area contributed by atoms with Gasteiger partial charge in [0.05, 0.1) is 23.2 Å². The molecule has 0 aliphatic carbocycles. The fourth-order valence-corrected chi connectivity index (χ4v) is 5.45. The number of hydrogen-bond acceptors (Lipinski definition) is 6. The van der Waals surface area contributed by atoms with Gasteiger partial charge < -0.3 is 15.4 Å². The molecule has 1 aliphatic rings. The maximum absolute atomic E-state index is 13.6. The minimum Gasteiger partial charge on any atom is -0.497 e. The number of pyridine rings is 1. The van der Waals surface area contributed by atoms with Crippen LogP contribution in [-0.4, -0.2) is 39.5 Å². The summed E-state index contributed by atoms with van der Waals surface area (Å²) in [5, 5.41) is 0.699. The molecule has 1 aromatic heterocycles. The lowest BCUT2D eigenvalue weighted by atomic mass is 9.95. The van der Waals surface area contributed by atoms with Gasteiger partial charge in [-0.05, 0) is 50.1 Å². The molecular weight excluding hydrogens is 414 g/mol. The topological polar surface area (TPSA) is 103 Å². The van der Waals surface area contributed by atoms with Gasteiger partial charge in [-0.15, -0.1) is 0 Å². The van der Waals surface area contributed by atoms with Crippen molar-refractivity contribution in [3.8, 4) is 5.75 Å². The standard InChI is InChI=1S/C23H25N3O4S/c1-15-3-6-18(7-4-15)31(28,29)21-14-25-20-8-5-17(30-2)13-19(20)22(21)26-11-9-16(10-12-26)23(24)27/h3-8,13-14,16H,9-12H2,1-2H3,(H2,24,27). The van der Waals surface area contributed by atoms with Crippen molar-refractivity contribution in [3.05, 3.63) is 54.2 Å². The van der Waals surface area contributed by atoms with E-state index in [1.54, 1.807) is 37.4 Å². The molecular formula is C23H25N3O4S. The van der Waals surface area contributed by atoms with Gasteiger partial charge in [-0.1, -0.05) is 17.7 Å². The number of sulfone groups is 1. The van der Waals surface area contributed by atoms with Crippen LogP contribution in [0.25, 0.3) is 10.9 Å². The highest BCUT2D eigenvalue weighted by Gasteiger charge is 2.30. The number of aryl methyl sites for hydroxylation is 1. The second-order valence-corrected chi connectivity index (χ2v) is 9.75. The van der Waals surface area contributed by atoms with Gasteiger partial charge in [0.2, 0.25) is 15.7 Å². The van der Waals surface area contributed by atoms with E-state index < -0.39 is 9.84 Å². The summed E-state index contributed by atoms with van der Waals surface area (Å²) in [5.41, 5.74) is 7.73. The number of benzene rings is 2. The summed E-state index contributed by atoms with van der Waals surface area (Å²) in [7, 11) is -2.24. The first-order valence-electron chi connectivity index (χ1n) is 10.1. The Labute approximate surface area is 181 Å². The third-order valence-corrected chi connectivity index (χ3v) is 7.62. The smallest absolute Gasteiger partial charge is 0.220 e. The second kappa shape index (κ2) is 8.19. The molecule has 0 atom stereocenters. The molecule has 31 heavy (non-hydrogen) atoms. The molecule has 7 nitrogen and oxygen atoms in total. The predicted octanol–water partition coefficient (Wildman–Crippen LogP) is 3.09. The van der Waals surface area contributed by atoms with E-state index in [1.165, 1.54) is 6.20 Å². The van der Waals surface area contributed by atoms with Crippen molar-refractivity contribution in [1.29, 1.82) is 0 Å². The van der Waals surface area contributed by atoms with E-state index in [4.69, 9.17) is 10.5 Å². The Bertz CT molecular complexity index is 1230. The van der Waals surface area contributed by atoms with Crippen LogP contribution in [0.15, 0.2) is 58.5 Å². The molecule has 0 spiro atoms. The summed E-state index contributed by atoms with van der Waals surface area (Å²) in [6, 6.07) is 12.2. The Balaban J connectivity index is 1.90. The van der Waals surface area contributed by atoms with Crippen LogP contribution in [0.1, 0.15) is 18.4 Å². The Morgan fingerprint density at radius 3 is 2.42 bits per heavy atom. The minimum atomic E-state index is -3.81. The molecule has 0 unspecified atom stereocenters. The molecule has 1 aliphatic heterocycles. The number of rotatable bonds is 5. The van der Waals surface area contributed by atoms with Gasteiger partial charge >= 0.3 is 0 Å². The number of nitrogens with zero attached hydrogens (tertiary/aromatic N) is 2. The van der Waals surface area contributed by atoms with E-state index in [-0.39, 0.29) is 21.6 Å². The van der Waals surface area contributed by atoms with Gasteiger partial charge in [-0.2, -0.15) is 0 Å². The lowest BCUT2D eigenvalue weighted by Gasteiger charge is -2.34. The molecule has 1 amide bonds. The normalized spacial score (nSPS) is 15.2. The van der Waals surface area contributed by atoms with Crippen LogP contribution in [0, 0.1) is 12.8 Å². The monoisotopic (exact) mass is 439 g/mol. The lowest BCUT2D eigenvalue weighted by molar-refractivity contribution is -0.122. The van der Waals surface area contributed by atoms with Crippen molar-refractivity contribution in [2.75, 3.05) is 25.1 Å². The van der Waals surface area contributed by atoms with Gasteiger partial charge in [0, 0.05) is 30.6 Å². The third kappa shape index (κ3) is 3.95. The predicted molar refractivity (Wildman–Crippen MR) is 119 cm³/mol. The summed E-state index contributed by atoms with van der Waals surface area (Å²) in [6.07, 6.45) is 2.58. The van der Waals surface area contributed by atoms with Crippen LogP contribution < -0.4 is 15.4 Å². The van der Waals surface area contributed by atoms with E-state index in [0.29, 0.717) is 48.3 Å². The number of ether oxygens (including phenoxy) is 1. The highest BCUT2D eigenvalue weighted by molar-refractivity contribution is 7.91. The number of carbonyl (C=O) groups is 1. The van der Waals surface area contributed by atoms with Crippen molar-refractivity contribution < 1.29 is 17.9 Å². The summed E-state index contributed by atoms with van der Waals surface area (Å²) in [4.78, 5) is 18.4. The van der Waals surface area contributed by atoms with Crippen molar-refractivity contribution >= 4 is 32.3 Å². The first-order chi connectivity index (χ1) is 14.8. The zero-order chi connectivity index (χ0) is 22.2. The Morgan fingerprint density at radius 2 is 1.81 bits per heavy atom. The molecule has 1 fully saturated rings. The number of methoxy groups -OCH3 is 1. The number of nitrogens with two attached hydrogens (primary N) is 1. The average Bonchev–Trinajstić information content (AvgIpc) is 2.78. The van der Waals surface area contributed by atoms with Crippen molar-refractivity contribution in [1.82, 2.24) is 4.98 Å². The Morgan fingerprint density at radius 1 is 1.13 bits per heavy atom. The van der Waals surface area contributed by atoms with Crippen LogP contribution in [0.2, 0.25) is 0 Å². The van der Waals surface area contributed by atoms with E-state index in [0.717, 1.165) is 5.56 Å². The molecule has 8 heteroatoms. The fraction of sp³-hybridized carbons (Fsp3) is 0.304. The summed E-state index contributed by atoms with van der Waals surface area (Å²) >= 11 is 0. The Kier molecular flexibility index (Phi) is 5.58. The summed E-state index contributed by atoms with van der Waals surface area (Å²) < 4.78 is 32.6. The highest BCUT2D eigenvalue weighted by Crippen LogP contribution is 2.38. The van der Waals surface area contributed by atoms with E-state index in [2.05, 4.69) is 4.98 Å². The minimum absolute atomic E-state index is 0.148. The summed E-state index contributed by atoms with van der Waals surface area (Å²) in [6.45, 7) is 2.97. The number of piperidine rings is 1. The van der Waals surface area contributed by atoms with Gasteiger partial charge in [-0.3, -0.25) is 9.78 Å². The molecule has 1 saturated heterocycles. The Hall–Kier alpha value is -3.13. The van der Waals surface area contributed by atoms with Crippen LogP contribution in [0.5, 0.6) is 5.75 Å². The van der Waals surface area contributed by atoms with Crippen LogP contribution >= 0.6 is 0 Å². The largest absolute Gasteiger partial charge is 0.497 e. The number of carbonyl (C=O) groups excluding carboxylic acids is 1. The lowest BCUT2D eigenvalue weighted by Crippen LogP contribution is -2.39. The second-order valence-electron chi connectivity index (χ2n) is 7.83. The van der Waals surface area contributed by atoms with Gasteiger partial charge in [-0.25, -0.2) is 8.42 Å². The van der Waals surface area contributed by atoms with Gasteiger partial charge in [0.25, 0.3) is 0 Å². The molecule has 162 valence electrons. The summed E-state index contributed by atoms with van der Waals surface area (Å²) in [5.74, 6) is 0.108. The number of hydrogen-bond donors (Lipinski definition) is 1. The maximum atomic E-state index is 13.6. The molecule has 2 heterocycles. The molecule has 0 saturated carbocycles. The van der Waals surface area contributed by atoms with Crippen LogP contribution in [-0.2, 0) is 14.6 Å². The average molecular weight is 440 g/mol. The van der Waals surface area contributed by atoms with Crippen molar-refractivity contribution in [3.63, 3.8) is 0 Å². The molecule has 2 N–H and O–H groups in total. The van der Waals surface area contributed by atoms with E-state index in [9.17, 15) is 13.2 Å². The fourth-order valence-electron chi connectivity index (χ4n) is 4.02. The van der Waals surface area contributed by atoms with Crippen LogP contribution in [0.4, 0.5) is 5.69 Å². The third-order valence-electron chi connectivity index (χ3n) is 5.85. The molecule has 2 aromatic carbocycles. The zero-order valence-corrected chi connectivity index (χ0v) is 18.4. The molecule has 3 aromatic rings. The first kappa shape index (κ1) is 21.1. The van der Waals surface area contributed by atoms with Crippen LogP contribution in [0.3, 0.4) is 0 Å². The van der Waals surface area contributed by atoms with E-state index >= 15 is 0 Å². The SMILES string of the molecule is COc1ccc2ncc(S(=O)(=O)c3ccc(C)cc3)c(N3CCC(C(N)=O)CC3)c2c1. The van der Waals surface area contributed by atoms with E-state index in [1.807, 2.05) is 24.0 Å². The highest BCUT2D eigenvalue weighted by atomic mass is 32.2.